The predicted octanol–water partition coefficient (Wildman–Crippen LogP) is 2.53. The van der Waals surface area contributed by atoms with Crippen LogP contribution in [0.1, 0.15) is 24.1 Å². The van der Waals surface area contributed by atoms with Crippen LogP contribution < -0.4 is 0 Å². The molecule has 2 aliphatic rings. The fourth-order valence-corrected chi connectivity index (χ4v) is 3.48. The summed E-state index contributed by atoms with van der Waals surface area (Å²) in [4.78, 5) is 20.1. The molecule has 116 valence electrons. The molecule has 22 heavy (non-hydrogen) atoms. The maximum absolute atomic E-state index is 12.1. The van der Waals surface area contributed by atoms with Crippen molar-refractivity contribution in [3.05, 3.63) is 35.5 Å². The number of amides is 1. The summed E-state index contributed by atoms with van der Waals surface area (Å²) in [6.07, 6.45) is 2.21. The minimum Gasteiger partial charge on any atom is -0.358 e. The number of nitrogens with zero attached hydrogens (tertiary/aromatic N) is 2. The quantitative estimate of drug-likeness (QED) is 0.945. The number of piperazine rings is 1. The van der Waals surface area contributed by atoms with Crippen molar-refractivity contribution in [2.45, 2.75) is 26.3 Å². The number of carbonyl (C=O) groups excluding carboxylic acids is 1. The Balaban J connectivity index is 1.43. The number of hydrogen-bond acceptors (Lipinski definition) is 2. The lowest BCUT2D eigenvalue weighted by molar-refractivity contribution is -0.134. The van der Waals surface area contributed by atoms with Crippen LogP contribution in [0, 0.1) is 12.8 Å². The molecule has 1 saturated carbocycles. The largest absolute Gasteiger partial charge is 0.358 e. The van der Waals surface area contributed by atoms with E-state index >= 15 is 0 Å². The summed E-state index contributed by atoms with van der Waals surface area (Å²) in [6, 6.07) is 8.51. The molecule has 0 unspecified atom stereocenters. The predicted molar refractivity (Wildman–Crippen MR) is 87.6 cm³/mol. The number of aromatic nitrogens is 1. The molecule has 1 N–H and O–H groups in total. The van der Waals surface area contributed by atoms with E-state index in [1.807, 2.05) is 0 Å². The molecule has 2 fully saturated rings. The number of aryl methyl sites for hydroxylation is 1. The SMILES string of the molecule is Cc1[nH]c2ccccc2c1CN1CCN(C(=O)C2CC2)CC1. The Morgan fingerprint density at radius 2 is 1.91 bits per heavy atom. The Bertz CT molecular complexity index is 693. The smallest absolute Gasteiger partial charge is 0.225 e. The van der Waals surface area contributed by atoms with E-state index in [0.717, 1.165) is 45.6 Å². The number of rotatable bonds is 3. The zero-order valence-corrected chi connectivity index (χ0v) is 13.1. The number of aromatic amines is 1. The van der Waals surface area contributed by atoms with E-state index in [9.17, 15) is 4.79 Å². The molecule has 4 rings (SSSR count). The normalized spacial score (nSPS) is 19.8. The third kappa shape index (κ3) is 2.52. The first-order valence-electron chi connectivity index (χ1n) is 8.29. The monoisotopic (exact) mass is 297 g/mol. The maximum atomic E-state index is 12.1. The molecule has 4 nitrogen and oxygen atoms in total. The van der Waals surface area contributed by atoms with Gasteiger partial charge in [0.15, 0.2) is 0 Å². The highest BCUT2D eigenvalue weighted by molar-refractivity contribution is 5.84. The molecule has 2 aromatic rings. The Morgan fingerprint density at radius 3 is 2.64 bits per heavy atom. The highest BCUT2D eigenvalue weighted by Gasteiger charge is 2.34. The second-order valence-electron chi connectivity index (χ2n) is 6.65. The highest BCUT2D eigenvalue weighted by Crippen LogP contribution is 2.31. The number of H-pyrrole nitrogens is 1. The number of nitrogens with one attached hydrogen (secondary N) is 1. The zero-order valence-electron chi connectivity index (χ0n) is 13.1. The minimum absolute atomic E-state index is 0.349. The van der Waals surface area contributed by atoms with Crippen molar-refractivity contribution >= 4 is 16.8 Å². The molecule has 1 amide bonds. The van der Waals surface area contributed by atoms with E-state index in [1.54, 1.807) is 0 Å². The third-order valence-electron chi connectivity index (χ3n) is 5.02. The molecule has 0 bridgehead atoms. The van der Waals surface area contributed by atoms with Gasteiger partial charge < -0.3 is 9.88 Å². The summed E-state index contributed by atoms with van der Waals surface area (Å²) < 4.78 is 0. The Labute approximate surface area is 131 Å². The zero-order chi connectivity index (χ0) is 15.1. The molecule has 1 aliphatic carbocycles. The first-order chi connectivity index (χ1) is 10.7. The van der Waals surface area contributed by atoms with Gasteiger partial charge in [0.05, 0.1) is 0 Å². The second-order valence-corrected chi connectivity index (χ2v) is 6.65. The van der Waals surface area contributed by atoms with Crippen molar-refractivity contribution in [1.29, 1.82) is 0 Å². The van der Waals surface area contributed by atoms with Crippen LogP contribution in [0.15, 0.2) is 24.3 Å². The van der Waals surface area contributed by atoms with Crippen molar-refractivity contribution in [2.24, 2.45) is 5.92 Å². The topological polar surface area (TPSA) is 39.3 Å². The number of para-hydroxylation sites is 1. The van der Waals surface area contributed by atoms with Crippen LogP contribution in [0.4, 0.5) is 0 Å². The van der Waals surface area contributed by atoms with Crippen molar-refractivity contribution < 1.29 is 4.79 Å². The van der Waals surface area contributed by atoms with Gasteiger partial charge >= 0.3 is 0 Å². The van der Waals surface area contributed by atoms with Gasteiger partial charge in [0.1, 0.15) is 0 Å². The van der Waals surface area contributed by atoms with Gasteiger partial charge in [-0.1, -0.05) is 18.2 Å². The molecule has 4 heteroatoms. The van der Waals surface area contributed by atoms with Gasteiger partial charge in [-0.3, -0.25) is 9.69 Å². The molecular weight excluding hydrogens is 274 g/mol. The molecule has 1 aromatic carbocycles. The average molecular weight is 297 g/mol. The molecule has 1 saturated heterocycles. The van der Waals surface area contributed by atoms with Gasteiger partial charge in [0.25, 0.3) is 0 Å². The number of benzene rings is 1. The molecule has 0 spiro atoms. The molecular formula is C18H23N3O. The third-order valence-corrected chi connectivity index (χ3v) is 5.02. The van der Waals surface area contributed by atoms with Gasteiger partial charge in [0, 0.05) is 55.2 Å². The first kappa shape index (κ1) is 13.8. The van der Waals surface area contributed by atoms with Crippen molar-refractivity contribution in [3.63, 3.8) is 0 Å². The highest BCUT2D eigenvalue weighted by atomic mass is 16.2. The summed E-state index contributed by atoms with van der Waals surface area (Å²) in [5.41, 5.74) is 3.88. The van der Waals surface area contributed by atoms with Gasteiger partial charge in [-0.2, -0.15) is 0 Å². The first-order valence-corrected chi connectivity index (χ1v) is 8.29. The van der Waals surface area contributed by atoms with Crippen molar-refractivity contribution in [3.8, 4) is 0 Å². The fourth-order valence-electron chi connectivity index (χ4n) is 3.48. The molecule has 0 atom stereocenters. The van der Waals surface area contributed by atoms with E-state index < -0.39 is 0 Å². The maximum Gasteiger partial charge on any atom is 0.225 e. The van der Waals surface area contributed by atoms with Crippen LogP contribution in [-0.4, -0.2) is 46.9 Å². The van der Waals surface area contributed by atoms with Crippen molar-refractivity contribution in [1.82, 2.24) is 14.8 Å². The van der Waals surface area contributed by atoms with E-state index in [1.165, 1.54) is 22.2 Å². The molecule has 1 aliphatic heterocycles. The summed E-state index contributed by atoms with van der Waals surface area (Å²) in [6.45, 7) is 6.87. The second kappa shape index (κ2) is 5.43. The van der Waals surface area contributed by atoms with Crippen LogP contribution in [-0.2, 0) is 11.3 Å². The van der Waals surface area contributed by atoms with Gasteiger partial charge in [-0.25, -0.2) is 0 Å². The molecule has 1 aromatic heterocycles. The summed E-state index contributed by atoms with van der Waals surface area (Å²) in [7, 11) is 0. The summed E-state index contributed by atoms with van der Waals surface area (Å²) in [5, 5.41) is 1.33. The number of hydrogen-bond donors (Lipinski definition) is 1. The Hall–Kier alpha value is -1.81. The van der Waals surface area contributed by atoms with Crippen molar-refractivity contribution in [2.75, 3.05) is 26.2 Å². The summed E-state index contributed by atoms with van der Waals surface area (Å²) in [5.74, 6) is 0.741. The van der Waals surface area contributed by atoms with E-state index in [0.29, 0.717) is 11.8 Å². The standard InChI is InChI=1S/C18H23N3O/c1-13-16(15-4-2-3-5-17(15)19-13)12-20-8-10-21(11-9-20)18(22)14-6-7-14/h2-5,14,19H,6-12H2,1H3. The van der Waals surface area contributed by atoms with Crippen LogP contribution in [0.25, 0.3) is 10.9 Å². The lowest BCUT2D eigenvalue weighted by Crippen LogP contribution is -2.48. The lowest BCUT2D eigenvalue weighted by atomic mass is 10.1. The molecule has 2 heterocycles. The summed E-state index contributed by atoms with van der Waals surface area (Å²) >= 11 is 0. The number of carbonyl (C=O) groups is 1. The van der Waals surface area contributed by atoms with Gasteiger partial charge in [-0.05, 0) is 31.4 Å². The fraction of sp³-hybridized carbons (Fsp3) is 0.500. The Morgan fingerprint density at radius 1 is 1.18 bits per heavy atom. The van der Waals surface area contributed by atoms with Crippen LogP contribution >= 0.6 is 0 Å². The van der Waals surface area contributed by atoms with Crippen LogP contribution in [0.2, 0.25) is 0 Å². The number of fused-ring (bicyclic) bond motifs is 1. The van der Waals surface area contributed by atoms with E-state index in [2.05, 4.69) is 46.0 Å². The van der Waals surface area contributed by atoms with E-state index in [4.69, 9.17) is 0 Å². The van der Waals surface area contributed by atoms with Gasteiger partial charge in [-0.15, -0.1) is 0 Å². The van der Waals surface area contributed by atoms with Gasteiger partial charge in [0.2, 0.25) is 5.91 Å². The van der Waals surface area contributed by atoms with Crippen LogP contribution in [0.5, 0.6) is 0 Å². The minimum atomic E-state index is 0.349. The Kier molecular flexibility index (Phi) is 3.41. The lowest BCUT2D eigenvalue weighted by Gasteiger charge is -2.35. The average Bonchev–Trinajstić information content (AvgIpc) is 3.34. The molecule has 0 radical (unpaired) electrons. The van der Waals surface area contributed by atoms with Crippen LogP contribution in [0.3, 0.4) is 0 Å². The van der Waals surface area contributed by atoms with E-state index in [-0.39, 0.29) is 0 Å².